The van der Waals surface area contributed by atoms with E-state index in [0.717, 1.165) is 6.42 Å². The number of amides is 1. The van der Waals surface area contributed by atoms with E-state index in [1.165, 1.54) is 0 Å². The monoisotopic (exact) mass is 216 g/mol. The van der Waals surface area contributed by atoms with E-state index in [1.54, 1.807) is 0 Å². The number of nitrogens with two attached hydrogens (primary N) is 1. The van der Waals surface area contributed by atoms with Crippen LogP contribution in [0.15, 0.2) is 0 Å². The Hall–Kier alpha value is -0.610. The molecule has 1 amide bonds. The van der Waals surface area contributed by atoms with Gasteiger partial charge in [0.15, 0.2) is 0 Å². The molecule has 0 aliphatic heterocycles. The lowest BCUT2D eigenvalue weighted by Gasteiger charge is -2.23. The molecule has 0 aromatic rings. The smallest absolute Gasteiger partial charge is 0.237 e. The molecule has 0 aliphatic carbocycles. The SMILES string of the molecule is CCC[C@H](N)C(=O)NC(CCO)C(C)C. The Morgan fingerprint density at radius 2 is 2.00 bits per heavy atom. The van der Waals surface area contributed by atoms with E-state index in [4.69, 9.17) is 10.8 Å². The normalized spacial score (nSPS) is 15.1. The molecule has 90 valence electrons. The topological polar surface area (TPSA) is 75.4 Å². The summed E-state index contributed by atoms with van der Waals surface area (Å²) < 4.78 is 0. The summed E-state index contributed by atoms with van der Waals surface area (Å²) in [6, 6.07) is -0.402. The molecule has 0 spiro atoms. The fraction of sp³-hybridized carbons (Fsp3) is 0.909. The fourth-order valence-electron chi connectivity index (χ4n) is 1.44. The zero-order valence-corrected chi connectivity index (χ0v) is 9.99. The molecular formula is C11H24N2O2. The summed E-state index contributed by atoms with van der Waals surface area (Å²) in [7, 11) is 0. The van der Waals surface area contributed by atoms with Gasteiger partial charge in [0.25, 0.3) is 0 Å². The summed E-state index contributed by atoms with van der Waals surface area (Å²) in [5.41, 5.74) is 5.70. The van der Waals surface area contributed by atoms with Crippen LogP contribution in [-0.2, 0) is 4.79 Å². The van der Waals surface area contributed by atoms with Gasteiger partial charge in [-0.1, -0.05) is 27.2 Å². The maximum absolute atomic E-state index is 11.6. The summed E-state index contributed by atoms with van der Waals surface area (Å²) in [5, 5.41) is 11.7. The minimum Gasteiger partial charge on any atom is -0.396 e. The summed E-state index contributed by atoms with van der Waals surface area (Å²) in [4.78, 5) is 11.6. The van der Waals surface area contributed by atoms with E-state index in [2.05, 4.69) is 5.32 Å². The third-order valence-corrected chi connectivity index (χ3v) is 2.51. The molecule has 0 saturated carbocycles. The van der Waals surface area contributed by atoms with Crippen molar-refractivity contribution >= 4 is 5.91 Å². The zero-order chi connectivity index (χ0) is 11.8. The lowest BCUT2D eigenvalue weighted by molar-refractivity contribution is -0.123. The first-order chi connectivity index (χ1) is 7.02. The van der Waals surface area contributed by atoms with E-state index >= 15 is 0 Å². The molecule has 0 rings (SSSR count). The van der Waals surface area contributed by atoms with Crippen molar-refractivity contribution in [2.45, 2.75) is 52.1 Å². The van der Waals surface area contributed by atoms with E-state index in [1.807, 2.05) is 20.8 Å². The standard InChI is InChI=1S/C11H24N2O2/c1-4-5-9(12)11(15)13-10(6-7-14)8(2)3/h8-10,14H,4-7,12H2,1-3H3,(H,13,15)/t9-,10?/m0/s1. The Balaban J connectivity index is 4.09. The molecule has 0 radical (unpaired) electrons. The maximum atomic E-state index is 11.6. The van der Waals surface area contributed by atoms with Crippen molar-refractivity contribution in [3.63, 3.8) is 0 Å². The van der Waals surface area contributed by atoms with Crippen molar-refractivity contribution in [3.8, 4) is 0 Å². The fourth-order valence-corrected chi connectivity index (χ4v) is 1.44. The lowest BCUT2D eigenvalue weighted by atomic mass is 10.0. The van der Waals surface area contributed by atoms with Crippen molar-refractivity contribution < 1.29 is 9.90 Å². The van der Waals surface area contributed by atoms with Crippen LogP contribution in [0.25, 0.3) is 0 Å². The Labute approximate surface area is 92.2 Å². The Bertz CT molecular complexity index is 183. The zero-order valence-electron chi connectivity index (χ0n) is 9.99. The van der Waals surface area contributed by atoms with Crippen LogP contribution in [0.2, 0.25) is 0 Å². The molecule has 4 nitrogen and oxygen atoms in total. The number of carbonyl (C=O) groups is 1. The van der Waals surface area contributed by atoms with Crippen LogP contribution in [-0.4, -0.2) is 29.7 Å². The minimum absolute atomic E-state index is 0.0189. The molecule has 0 aliphatic rings. The van der Waals surface area contributed by atoms with Gasteiger partial charge < -0.3 is 16.2 Å². The molecule has 0 heterocycles. The van der Waals surface area contributed by atoms with Crippen LogP contribution < -0.4 is 11.1 Å². The molecule has 1 unspecified atom stereocenters. The van der Waals surface area contributed by atoms with E-state index < -0.39 is 6.04 Å². The molecular weight excluding hydrogens is 192 g/mol. The second kappa shape index (κ2) is 7.65. The minimum atomic E-state index is -0.421. The number of aliphatic hydroxyl groups excluding tert-OH is 1. The highest BCUT2D eigenvalue weighted by Gasteiger charge is 2.19. The van der Waals surface area contributed by atoms with E-state index in [0.29, 0.717) is 18.8 Å². The molecule has 15 heavy (non-hydrogen) atoms. The number of hydrogen-bond acceptors (Lipinski definition) is 3. The highest BCUT2D eigenvalue weighted by molar-refractivity contribution is 5.81. The van der Waals surface area contributed by atoms with Crippen molar-refractivity contribution in [2.24, 2.45) is 11.7 Å². The van der Waals surface area contributed by atoms with Crippen LogP contribution in [0.5, 0.6) is 0 Å². The number of aliphatic hydroxyl groups is 1. The number of hydrogen-bond donors (Lipinski definition) is 3. The summed E-state index contributed by atoms with van der Waals surface area (Å²) in [6.45, 7) is 6.13. The first-order valence-electron chi connectivity index (χ1n) is 5.69. The number of carbonyl (C=O) groups excluding carboxylic acids is 1. The summed E-state index contributed by atoms with van der Waals surface area (Å²) >= 11 is 0. The third-order valence-electron chi connectivity index (χ3n) is 2.51. The van der Waals surface area contributed by atoms with Gasteiger partial charge in [0.2, 0.25) is 5.91 Å². The lowest BCUT2D eigenvalue weighted by Crippen LogP contribution is -2.47. The summed E-state index contributed by atoms with van der Waals surface area (Å²) in [5.74, 6) is 0.207. The van der Waals surface area contributed by atoms with Crippen LogP contribution in [0.3, 0.4) is 0 Å². The van der Waals surface area contributed by atoms with Gasteiger partial charge in [0.05, 0.1) is 6.04 Å². The Morgan fingerprint density at radius 3 is 2.40 bits per heavy atom. The van der Waals surface area contributed by atoms with Crippen LogP contribution in [0.1, 0.15) is 40.0 Å². The first kappa shape index (κ1) is 14.4. The molecule has 0 bridgehead atoms. The number of nitrogens with one attached hydrogen (secondary N) is 1. The van der Waals surface area contributed by atoms with Crippen molar-refractivity contribution in [3.05, 3.63) is 0 Å². The largest absolute Gasteiger partial charge is 0.396 e. The van der Waals surface area contributed by atoms with Crippen LogP contribution in [0.4, 0.5) is 0 Å². The van der Waals surface area contributed by atoms with E-state index in [-0.39, 0.29) is 18.6 Å². The van der Waals surface area contributed by atoms with E-state index in [9.17, 15) is 4.79 Å². The first-order valence-corrected chi connectivity index (χ1v) is 5.69. The predicted octanol–water partition coefficient (Wildman–Crippen LogP) is 0.637. The molecule has 0 fully saturated rings. The molecule has 2 atom stereocenters. The Kier molecular flexibility index (Phi) is 7.34. The molecule has 4 heteroatoms. The van der Waals surface area contributed by atoms with Gasteiger partial charge in [0.1, 0.15) is 0 Å². The highest BCUT2D eigenvalue weighted by Crippen LogP contribution is 2.06. The predicted molar refractivity (Wildman–Crippen MR) is 61.4 cm³/mol. The second-order valence-electron chi connectivity index (χ2n) is 4.27. The number of rotatable bonds is 7. The maximum Gasteiger partial charge on any atom is 0.237 e. The van der Waals surface area contributed by atoms with Gasteiger partial charge in [-0.3, -0.25) is 4.79 Å². The van der Waals surface area contributed by atoms with Crippen molar-refractivity contribution in [1.29, 1.82) is 0 Å². The van der Waals surface area contributed by atoms with Crippen LogP contribution in [0, 0.1) is 5.92 Å². The molecule has 4 N–H and O–H groups in total. The van der Waals surface area contributed by atoms with Gasteiger partial charge in [0, 0.05) is 12.6 Å². The van der Waals surface area contributed by atoms with Crippen molar-refractivity contribution in [2.75, 3.05) is 6.61 Å². The van der Waals surface area contributed by atoms with Gasteiger partial charge >= 0.3 is 0 Å². The van der Waals surface area contributed by atoms with Crippen LogP contribution >= 0.6 is 0 Å². The average molecular weight is 216 g/mol. The van der Waals surface area contributed by atoms with Gasteiger partial charge in [-0.05, 0) is 18.8 Å². The van der Waals surface area contributed by atoms with Gasteiger partial charge in [-0.15, -0.1) is 0 Å². The molecule has 0 saturated heterocycles. The highest BCUT2D eigenvalue weighted by atomic mass is 16.3. The second-order valence-corrected chi connectivity index (χ2v) is 4.27. The summed E-state index contributed by atoms with van der Waals surface area (Å²) in [6.07, 6.45) is 2.19. The Morgan fingerprint density at radius 1 is 1.40 bits per heavy atom. The van der Waals surface area contributed by atoms with Crippen molar-refractivity contribution in [1.82, 2.24) is 5.32 Å². The average Bonchev–Trinajstić information content (AvgIpc) is 2.17. The van der Waals surface area contributed by atoms with Gasteiger partial charge in [-0.2, -0.15) is 0 Å². The quantitative estimate of drug-likeness (QED) is 0.584. The van der Waals surface area contributed by atoms with Gasteiger partial charge in [-0.25, -0.2) is 0 Å². The molecule has 0 aromatic carbocycles. The third kappa shape index (κ3) is 5.74. The molecule has 0 aromatic heterocycles.